The van der Waals surface area contributed by atoms with Gasteiger partial charge in [0.1, 0.15) is 17.3 Å². The van der Waals surface area contributed by atoms with Crippen molar-refractivity contribution in [2.75, 3.05) is 42.1 Å². The first-order valence-electron chi connectivity index (χ1n) is 14.1. The lowest BCUT2D eigenvalue weighted by Gasteiger charge is -2.17. The third-order valence-electron chi connectivity index (χ3n) is 6.68. The number of amides is 2. The molecular formula is C29H30F8N8O3. The lowest BCUT2D eigenvalue weighted by Crippen LogP contribution is -2.25. The number of benzene rings is 2. The van der Waals surface area contributed by atoms with E-state index in [1.165, 1.54) is 12.1 Å². The highest BCUT2D eigenvalue weighted by Gasteiger charge is 2.38. The van der Waals surface area contributed by atoms with Gasteiger partial charge in [0, 0.05) is 25.4 Å². The van der Waals surface area contributed by atoms with Crippen LogP contribution in [0.2, 0.25) is 0 Å². The van der Waals surface area contributed by atoms with Crippen LogP contribution in [0.5, 0.6) is 0 Å². The molecule has 0 unspecified atom stereocenters. The van der Waals surface area contributed by atoms with Crippen molar-refractivity contribution < 1.29 is 49.8 Å². The number of aliphatic carboxylic acids is 1. The summed E-state index contributed by atoms with van der Waals surface area (Å²) in [7, 11) is 1.70. The molecule has 48 heavy (non-hydrogen) atoms. The second kappa shape index (κ2) is 15.7. The molecule has 4 rings (SSSR count). The predicted octanol–water partition coefficient (Wildman–Crippen LogP) is 6.75. The molecule has 0 fully saturated rings. The van der Waals surface area contributed by atoms with Crippen molar-refractivity contribution in [2.45, 2.75) is 32.6 Å². The summed E-state index contributed by atoms with van der Waals surface area (Å²) in [6.07, 6.45) is -7.29. The normalized spacial score (nSPS) is 11.7. The number of carboxylic acid groups (broad SMARTS) is 1. The summed E-state index contributed by atoms with van der Waals surface area (Å²) in [5, 5.41) is 19.5. The number of fused-ring (bicyclic) bond motifs is 1. The molecule has 0 radical (unpaired) electrons. The molecular weight excluding hydrogens is 660 g/mol. The third kappa shape index (κ3) is 9.96. The van der Waals surface area contributed by atoms with Crippen molar-refractivity contribution in [2.24, 2.45) is 7.05 Å². The number of nitrogens with one attached hydrogen (secondary N) is 3. The summed E-state index contributed by atoms with van der Waals surface area (Å²) in [6, 6.07) is 4.38. The number of hydrogen-bond donors (Lipinski definition) is 4. The van der Waals surface area contributed by atoms with E-state index in [1.54, 1.807) is 17.9 Å². The molecule has 0 spiro atoms. The van der Waals surface area contributed by atoms with Crippen LogP contribution in [-0.2, 0) is 18.0 Å². The van der Waals surface area contributed by atoms with E-state index in [2.05, 4.69) is 44.4 Å². The number of rotatable bonds is 10. The van der Waals surface area contributed by atoms with Gasteiger partial charge in [0.2, 0.25) is 5.95 Å². The maximum Gasteiger partial charge on any atom is 0.490 e. The number of aromatic nitrogens is 4. The van der Waals surface area contributed by atoms with Gasteiger partial charge in [0.25, 0.3) is 0 Å². The average molecular weight is 691 g/mol. The zero-order chi connectivity index (χ0) is 35.8. The summed E-state index contributed by atoms with van der Waals surface area (Å²) < 4.78 is 101. The van der Waals surface area contributed by atoms with Gasteiger partial charge in [-0.3, -0.25) is 0 Å². The molecule has 2 heterocycles. The number of alkyl halides is 6. The molecule has 0 atom stereocenters. The molecule has 260 valence electrons. The lowest BCUT2D eigenvalue weighted by molar-refractivity contribution is -0.192. The first-order valence-corrected chi connectivity index (χ1v) is 14.1. The quantitative estimate of drug-likeness (QED) is 0.106. The first kappa shape index (κ1) is 37.4. The number of anilines is 3. The summed E-state index contributed by atoms with van der Waals surface area (Å²) in [4.78, 5) is 32.4. The highest BCUT2D eigenvalue weighted by molar-refractivity contribution is 6.00. The number of hydrogen-bond acceptors (Lipinski definition) is 7. The minimum absolute atomic E-state index is 0.272. The van der Waals surface area contributed by atoms with Gasteiger partial charge in [-0.1, -0.05) is 19.9 Å². The van der Waals surface area contributed by atoms with Gasteiger partial charge >= 0.3 is 24.4 Å². The Balaban J connectivity index is 0.000000804. The monoisotopic (exact) mass is 690 g/mol. The smallest absolute Gasteiger partial charge is 0.475 e. The van der Waals surface area contributed by atoms with E-state index in [0.29, 0.717) is 53.0 Å². The highest BCUT2D eigenvalue weighted by atomic mass is 19.4. The van der Waals surface area contributed by atoms with Crippen LogP contribution in [0.3, 0.4) is 0 Å². The number of halogens is 8. The van der Waals surface area contributed by atoms with Crippen molar-refractivity contribution in [3.8, 4) is 11.3 Å². The number of carbonyl (C=O) groups excluding carboxylic acids is 1. The van der Waals surface area contributed by atoms with Gasteiger partial charge in [0.05, 0.1) is 22.3 Å². The number of carbonyl (C=O) groups is 2. The molecule has 0 saturated heterocycles. The van der Waals surface area contributed by atoms with E-state index >= 15 is 0 Å². The largest absolute Gasteiger partial charge is 0.490 e. The van der Waals surface area contributed by atoms with Crippen molar-refractivity contribution in [3.05, 3.63) is 59.8 Å². The number of carboxylic acids is 1. The van der Waals surface area contributed by atoms with Crippen molar-refractivity contribution in [3.63, 3.8) is 0 Å². The van der Waals surface area contributed by atoms with Gasteiger partial charge in [-0.05, 0) is 56.4 Å². The Kier molecular flexibility index (Phi) is 12.2. The molecule has 0 aliphatic carbocycles. The fraction of sp³-hybridized carbons (Fsp3) is 0.345. The Morgan fingerprint density at radius 1 is 0.938 bits per heavy atom. The van der Waals surface area contributed by atoms with Crippen LogP contribution < -0.4 is 16.0 Å². The van der Waals surface area contributed by atoms with Crippen LogP contribution in [0.25, 0.3) is 22.3 Å². The fourth-order valence-corrected chi connectivity index (χ4v) is 4.22. The lowest BCUT2D eigenvalue weighted by atomic mass is 10.1. The van der Waals surface area contributed by atoms with Gasteiger partial charge < -0.3 is 26.0 Å². The molecule has 11 nitrogen and oxygen atoms in total. The molecule has 0 aliphatic rings. The molecule has 0 aliphatic heterocycles. The summed E-state index contributed by atoms with van der Waals surface area (Å²) in [5.74, 6) is -4.23. The number of urea groups is 1. The van der Waals surface area contributed by atoms with Crippen LogP contribution in [0, 0.1) is 11.6 Å². The number of nitrogens with zero attached hydrogens (tertiary/aromatic N) is 5. The predicted molar refractivity (Wildman–Crippen MR) is 160 cm³/mol. The van der Waals surface area contributed by atoms with Crippen molar-refractivity contribution in [1.29, 1.82) is 0 Å². The summed E-state index contributed by atoms with van der Waals surface area (Å²) in [5.41, 5.74) is -0.790. The maximum atomic E-state index is 14.9. The molecule has 2 amide bonds. The first-order chi connectivity index (χ1) is 22.4. The molecule has 2 aromatic heterocycles. The zero-order valence-corrected chi connectivity index (χ0v) is 25.6. The Bertz CT molecular complexity index is 1740. The van der Waals surface area contributed by atoms with E-state index in [1.807, 2.05) is 5.32 Å². The summed E-state index contributed by atoms with van der Waals surface area (Å²) in [6.45, 7) is 7.86. The van der Waals surface area contributed by atoms with Crippen LogP contribution in [0.4, 0.5) is 57.2 Å². The topological polar surface area (TPSA) is 137 Å². The van der Waals surface area contributed by atoms with Gasteiger partial charge in [-0.15, -0.1) is 0 Å². The van der Waals surface area contributed by atoms with Crippen LogP contribution in [0.1, 0.15) is 25.8 Å². The molecule has 0 saturated carbocycles. The van der Waals surface area contributed by atoms with Crippen LogP contribution >= 0.6 is 0 Å². The highest BCUT2D eigenvalue weighted by Crippen LogP contribution is 2.32. The Morgan fingerprint density at radius 3 is 2.17 bits per heavy atom. The second-order valence-corrected chi connectivity index (χ2v) is 9.98. The maximum absolute atomic E-state index is 14.9. The van der Waals surface area contributed by atoms with Crippen molar-refractivity contribution in [1.82, 2.24) is 24.6 Å². The summed E-state index contributed by atoms with van der Waals surface area (Å²) >= 11 is 0. The molecule has 2 aromatic carbocycles. The second-order valence-electron chi connectivity index (χ2n) is 9.98. The molecule has 0 bridgehead atoms. The van der Waals surface area contributed by atoms with Crippen LogP contribution in [0.15, 0.2) is 42.6 Å². The SMILES string of the molecule is CCN(CC)CCCNc1ncc2c(-c3ccc(NC(=O)Nc4cc(C(F)(F)F)ccc4F)c(F)c3)nn(C)c2n1.O=C(O)C(F)(F)F. The van der Waals surface area contributed by atoms with E-state index in [0.717, 1.165) is 32.1 Å². The van der Waals surface area contributed by atoms with E-state index in [4.69, 9.17) is 9.90 Å². The van der Waals surface area contributed by atoms with E-state index in [9.17, 15) is 39.9 Å². The minimum atomic E-state index is -5.08. The number of aryl methyl sites for hydroxylation is 1. The van der Waals surface area contributed by atoms with Gasteiger partial charge in [-0.25, -0.2) is 28.0 Å². The van der Waals surface area contributed by atoms with Gasteiger partial charge in [0.15, 0.2) is 5.65 Å². The Hall–Kier alpha value is -5.07. The standard InChI is InChI=1S/C27H29F5N8O.C2HF3O2/c1-4-40(5-2)12-6-11-33-25-34-15-18-23(38-39(3)24(18)37-25)16-7-10-21(20(29)13-16)35-26(41)36-22-14-17(27(30,31)32)8-9-19(22)28;3-2(4,5)1(6)7/h7-10,13-15H,4-6,11-12H2,1-3H3,(H,33,34,37)(H2,35,36,41);(H,6,7). The average Bonchev–Trinajstić information content (AvgIpc) is 3.34. The molecule has 19 heteroatoms. The van der Waals surface area contributed by atoms with E-state index in [-0.39, 0.29) is 5.69 Å². The van der Waals surface area contributed by atoms with Crippen molar-refractivity contribution >= 4 is 40.4 Å². The fourth-order valence-electron chi connectivity index (χ4n) is 4.22. The zero-order valence-electron chi connectivity index (χ0n) is 25.6. The van der Waals surface area contributed by atoms with Gasteiger partial charge in [-0.2, -0.15) is 36.4 Å². The molecule has 4 N–H and O–H groups in total. The molecule has 4 aromatic rings. The third-order valence-corrected chi connectivity index (χ3v) is 6.68. The minimum Gasteiger partial charge on any atom is -0.475 e. The van der Waals surface area contributed by atoms with Crippen LogP contribution in [-0.4, -0.2) is 74.1 Å². The Morgan fingerprint density at radius 2 is 1.58 bits per heavy atom. The Labute approximate surface area is 268 Å². The van der Waals surface area contributed by atoms with E-state index < -0.39 is 47.2 Å².